The van der Waals surface area contributed by atoms with Gasteiger partial charge in [-0.2, -0.15) is 9.78 Å². The average molecular weight is 628 g/mol. The maximum atomic E-state index is 13.2. The van der Waals surface area contributed by atoms with E-state index in [9.17, 15) is 9.59 Å². The van der Waals surface area contributed by atoms with Gasteiger partial charge < -0.3 is 14.2 Å². The van der Waals surface area contributed by atoms with Crippen LogP contribution < -0.4 is 15.0 Å². The molecule has 8 nitrogen and oxygen atoms in total. The number of ether oxygens (including phenoxy) is 3. The minimum Gasteiger partial charge on any atom is -0.493 e. The molecule has 0 aliphatic heterocycles. The Morgan fingerprint density at radius 1 is 1.27 bits per heavy atom. The van der Waals surface area contributed by atoms with E-state index >= 15 is 0 Å². The van der Waals surface area contributed by atoms with Crippen LogP contribution in [0.2, 0.25) is 0 Å². The maximum absolute atomic E-state index is 13.2. The van der Waals surface area contributed by atoms with Crippen molar-refractivity contribution < 1.29 is 19.0 Å². The highest BCUT2D eigenvalue weighted by atomic mass is 127. The van der Waals surface area contributed by atoms with Crippen LogP contribution in [-0.2, 0) is 16.0 Å². The summed E-state index contributed by atoms with van der Waals surface area (Å²) in [5.41, 5.74) is 1.11. The van der Waals surface area contributed by atoms with E-state index < -0.39 is 5.97 Å². The van der Waals surface area contributed by atoms with Crippen molar-refractivity contribution in [2.45, 2.75) is 26.2 Å². The molecule has 0 bridgehead atoms. The van der Waals surface area contributed by atoms with Gasteiger partial charge in [0.05, 0.1) is 34.9 Å². The number of hydrogen-bond donors (Lipinski definition) is 0. The third kappa shape index (κ3) is 6.11. The Kier molecular flexibility index (Phi) is 8.84. The first-order valence-electron chi connectivity index (χ1n) is 10.2. The molecule has 0 fully saturated rings. The number of fused-ring (bicyclic) bond motifs is 1. The number of unbranched alkanes of at least 4 members (excludes halogenated alkanes) is 1. The Balaban J connectivity index is 2.02. The Hall–Kier alpha value is -2.47. The second-order valence-corrected chi connectivity index (χ2v) is 9.13. The summed E-state index contributed by atoms with van der Waals surface area (Å²) < 4.78 is 18.5. The van der Waals surface area contributed by atoms with Gasteiger partial charge in [0.15, 0.2) is 18.1 Å². The second-order valence-electron chi connectivity index (χ2n) is 7.05. The van der Waals surface area contributed by atoms with Crippen molar-refractivity contribution in [2.24, 2.45) is 5.10 Å². The Bertz CT molecular complexity index is 1260. The first kappa shape index (κ1) is 25.2. The number of methoxy groups -OCH3 is 2. The van der Waals surface area contributed by atoms with E-state index in [-0.39, 0.29) is 12.2 Å². The number of benzene rings is 2. The third-order valence-electron chi connectivity index (χ3n) is 4.77. The van der Waals surface area contributed by atoms with Crippen LogP contribution in [0.25, 0.3) is 10.9 Å². The number of aryl methyl sites for hydroxylation is 1. The molecule has 0 radical (unpaired) electrons. The molecule has 33 heavy (non-hydrogen) atoms. The minimum absolute atomic E-state index is 0.231. The second kappa shape index (κ2) is 11.6. The summed E-state index contributed by atoms with van der Waals surface area (Å²) in [6, 6.07) is 8.98. The number of aromatic nitrogens is 2. The number of hydrogen-bond acceptors (Lipinski definition) is 7. The van der Waals surface area contributed by atoms with Crippen LogP contribution in [0.1, 0.15) is 31.2 Å². The van der Waals surface area contributed by atoms with E-state index in [2.05, 4.69) is 60.3 Å². The third-order valence-corrected chi connectivity index (χ3v) is 6.06. The van der Waals surface area contributed by atoms with Crippen molar-refractivity contribution >= 4 is 61.6 Å². The molecule has 0 saturated carbocycles. The highest BCUT2D eigenvalue weighted by Crippen LogP contribution is 2.33. The number of esters is 1. The van der Waals surface area contributed by atoms with Crippen LogP contribution in [0.15, 0.2) is 44.7 Å². The lowest BCUT2D eigenvalue weighted by molar-refractivity contribution is -0.142. The zero-order valence-electron chi connectivity index (χ0n) is 18.4. The Morgan fingerprint density at radius 3 is 2.76 bits per heavy atom. The van der Waals surface area contributed by atoms with Crippen LogP contribution in [0, 0.1) is 3.57 Å². The molecule has 0 aliphatic carbocycles. The van der Waals surface area contributed by atoms with Crippen LogP contribution in [0.5, 0.6) is 11.5 Å². The van der Waals surface area contributed by atoms with Crippen molar-refractivity contribution in [3.63, 3.8) is 0 Å². The van der Waals surface area contributed by atoms with E-state index in [0.29, 0.717) is 40.2 Å². The average Bonchev–Trinajstić information content (AvgIpc) is 2.81. The molecule has 0 amide bonds. The van der Waals surface area contributed by atoms with E-state index in [0.717, 1.165) is 20.9 Å². The molecule has 1 aromatic heterocycles. The lowest BCUT2D eigenvalue weighted by Crippen LogP contribution is -2.22. The van der Waals surface area contributed by atoms with Crippen molar-refractivity contribution in [1.29, 1.82) is 0 Å². The quantitative estimate of drug-likeness (QED) is 0.196. The fourth-order valence-corrected chi connectivity index (χ4v) is 4.22. The lowest BCUT2D eigenvalue weighted by atomic mass is 10.2. The smallest absolute Gasteiger partial charge is 0.343 e. The molecule has 0 N–H and O–H groups in total. The summed E-state index contributed by atoms with van der Waals surface area (Å²) in [5.74, 6) is 0.977. The predicted molar refractivity (Wildman–Crippen MR) is 139 cm³/mol. The molecule has 10 heteroatoms. The number of carbonyl (C=O) groups excluding carboxylic acids is 1. The minimum atomic E-state index is -0.493. The fourth-order valence-electron chi connectivity index (χ4n) is 3.08. The van der Waals surface area contributed by atoms with E-state index in [4.69, 9.17) is 9.47 Å². The van der Waals surface area contributed by atoms with Gasteiger partial charge in [-0.15, -0.1) is 0 Å². The van der Waals surface area contributed by atoms with Crippen molar-refractivity contribution in [3.8, 4) is 11.5 Å². The summed E-state index contributed by atoms with van der Waals surface area (Å²) in [4.78, 5) is 29.3. The van der Waals surface area contributed by atoms with E-state index in [1.807, 2.05) is 18.2 Å². The molecular formula is C23H23BrIN3O5. The zero-order valence-corrected chi connectivity index (χ0v) is 22.2. The summed E-state index contributed by atoms with van der Waals surface area (Å²) in [6.45, 7) is 1.85. The van der Waals surface area contributed by atoms with E-state index in [1.54, 1.807) is 18.3 Å². The molecule has 3 aromatic rings. The molecule has 0 aliphatic rings. The van der Waals surface area contributed by atoms with Gasteiger partial charge in [-0.05, 0) is 64.9 Å². The molecule has 0 saturated heterocycles. The van der Waals surface area contributed by atoms with Gasteiger partial charge in [0.25, 0.3) is 5.56 Å². The standard InChI is InChI=1S/C23H23BrIN3O5/c1-4-5-6-20-27-18-8-7-15(24)11-16(18)23(30)28(20)26-12-14-9-17(25)22(19(10-14)31-2)33-13-21(29)32-3/h7-12H,4-6,13H2,1-3H3. The molecule has 174 valence electrons. The van der Waals surface area contributed by atoms with Gasteiger partial charge in [0.2, 0.25) is 0 Å². The zero-order chi connectivity index (χ0) is 24.0. The highest BCUT2D eigenvalue weighted by molar-refractivity contribution is 14.1. The predicted octanol–water partition coefficient (Wildman–Crippen LogP) is 4.55. The SMILES string of the molecule is CCCCc1nc2ccc(Br)cc2c(=O)n1N=Cc1cc(I)c(OCC(=O)OC)c(OC)c1. The normalized spacial score (nSPS) is 11.2. The summed E-state index contributed by atoms with van der Waals surface area (Å²) in [7, 11) is 2.81. The van der Waals surface area contributed by atoms with Gasteiger partial charge in [-0.1, -0.05) is 29.3 Å². The van der Waals surface area contributed by atoms with Crippen LogP contribution in [0.4, 0.5) is 0 Å². The van der Waals surface area contributed by atoms with Crippen molar-refractivity contribution in [3.05, 3.63) is 60.1 Å². The van der Waals surface area contributed by atoms with Crippen LogP contribution >= 0.6 is 38.5 Å². The van der Waals surface area contributed by atoms with Crippen LogP contribution in [0.3, 0.4) is 0 Å². The molecule has 2 aromatic carbocycles. The number of carbonyl (C=O) groups is 1. The molecule has 0 spiro atoms. The van der Waals surface area contributed by atoms with E-state index in [1.165, 1.54) is 18.9 Å². The molecule has 3 rings (SSSR count). The molecule has 1 heterocycles. The van der Waals surface area contributed by atoms with Gasteiger partial charge in [-0.3, -0.25) is 4.79 Å². The number of halogens is 2. The summed E-state index contributed by atoms with van der Waals surface area (Å²) in [5, 5.41) is 4.96. The number of nitrogens with zero attached hydrogens (tertiary/aromatic N) is 3. The Labute approximate surface area is 213 Å². The van der Waals surface area contributed by atoms with Crippen LogP contribution in [-0.4, -0.2) is 42.7 Å². The highest BCUT2D eigenvalue weighted by Gasteiger charge is 2.14. The fraction of sp³-hybridized carbons (Fsp3) is 0.304. The molecule has 0 atom stereocenters. The Morgan fingerprint density at radius 2 is 2.06 bits per heavy atom. The van der Waals surface area contributed by atoms with Gasteiger partial charge in [0.1, 0.15) is 5.82 Å². The van der Waals surface area contributed by atoms with Crippen molar-refractivity contribution in [2.75, 3.05) is 20.8 Å². The summed E-state index contributed by atoms with van der Waals surface area (Å²) >= 11 is 5.50. The molecule has 0 unspecified atom stereocenters. The first-order valence-corrected chi connectivity index (χ1v) is 12.1. The monoisotopic (exact) mass is 627 g/mol. The summed E-state index contributed by atoms with van der Waals surface area (Å²) in [6.07, 6.45) is 4.08. The van der Waals surface area contributed by atoms with Gasteiger partial charge in [0, 0.05) is 10.9 Å². The lowest BCUT2D eigenvalue weighted by Gasteiger charge is -2.13. The van der Waals surface area contributed by atoms with Crippen molar-refractivity contribution in [1.82, 2.24) is 9.66 Å². The van der Waals surface area contributed by atoms with Gasteiger partial charge >= 0.3 is 5.97 Å². The maximum Gasteiger partial charge on any atom is 0.343 e. The first-order chi connectivity index (χ1) is 15.9. The molecular weight excluding hydrogens is 605 g/mol. The topological polar surface area (TPSA) is 92.0 Å². The number of rotatable bonds is 9. The van der Waals surface area contributed by atoms with Gasteiger partial charge in [-0.25, -0.2) is 9.78 Å². The largest absolute Gasteiger partial charge is 0.493 e.